The minimum Gasteiger partial charge on any atom is -0.350 e. The highest BCUT2D eigenvalue weighted by atomic mass is 19.3. The molecule has 1 atom stereocenters. The Balaban J connectivity index is 1.65. The van der Waals surface area contributed by atoms with Crippen LogP contribution in [0.4, 0.5) is 8.78 Å². The zero-order valence-electron chi connectivity index (χ0n) is 17.4. The van der Waals surface area contributed by atoms with Gasteiger partial charge in [-0.2, -0.15) is 0 Å². The second kappa shape index (κ2) is 8.63. The first-order valence-electron chi connectivity index (χ1n) is 10.5. The largest absolute Gasteiger partial charge is 0.350 e. The summed E-state index contributed by atoms with van der Waals surface area (Å²) >= 11 is 0. The predicted molar refractivity (Wildman–Crippen MR) is 116 cm³/mol. The lowest BCUT2D eigenvalue weighted by atomic mass is 9.96. The normalized spacial score (nSPS) is 23.8. The molecule has 1 saturated carbocycles. The molecule has 4 rings (SSSR count). The molecule has 0 aromatic heterocycles. The van der Waals surface area contributed by atoms with Gasteiger partial charge in [0.15, 0.2) is 0 Å². The number of allylic oxidation sites excluding steroid dienone is 2. The van der Waals surface area contributed by atoms with Crippen molar-refractivity contribution >= 4 is 17.4 Å². The Kier molecular flexibility index (Phi) is 5.94. The first-order chi connectivity index (χ1) is 14.4. The summed E-state index contributed by atoms with van der Waals surface area (Å²) in [5, 5.41) is 23.0. The van der Waals surface area contributed by atoms with Crippen molar-refractivity contribution in [2.24, 2.45) is 10.2 Å². The molecule has 0 spiro atoms. The van der Waals surface area contributed by atoms with Crippen LogP contribution in [0.15, 0.2) is 40.2 Å². The Morgan fingerprint density at radius 1 is 1.30 bits per heavy atom. The fourth-order valence-corrected chi connectivity index (χ4v) is 4.08. The third-order valence-corrected chi connectivity index (χ3v) is 5.70. The molecule has 6 nitrogen and oxygen atoms in total. The van der Waals surface area contributed by atoms with Crippen molar-refractivity contribution in [1.82, 2.24) is 15.5 Å². The number of guanidine groups is 1. The van der Waals surface area contributed by atoms with Gasteiger partial charge in [0.25, 0.3) is 6.43 Å². The minimum atomic E-state index is -2.61. The third-order valence-electron chi connectivity index (χ3n) is 5.70. The Labute approximate surface area is 175 Å². The van der Waals surface area contributed by atoms with E-state index in [0.717, 1.165) is 44.3 Å². The first-order valence-corrected chi connectivity index (χ1v) is 10.5. The summed E-state index contributed by atoms with van der Waals surface area (Å²) in [4.78, 5) is 2.26. The van der Waals surface area contributed by atoms with Gasteiger partial charge in [0.1, 0.15) is 5.71 Å². The number of benzene rings is 1. The number of likely N-dealkylation sites (tertiary alicyclic amines) is 1. The highest BCUT2D eigenvalue weighted by molar-refractivity contribution is 6.18. The van der Waals surface area contributed by atoms with Crippen molar-refractivity contribution in [3.8, 4) is 0 Å². The van der Waals surface area contributed by atoms with E-state index in [1.165, 1.54) is 0 Å². The van der Waals surface area contributed by atoms with Crippen molar-refractivity contribution in [3.05, 3.63) is 46.7 Å². The van der Waals surface area contributed by atoms with Crippen molar-refractivity contribution in [2.45, 2.75) is 51.0 Å². The van der Waals surface area contributed by atoms with Gasteiger partial charge in [-0.05, 0) is 69.8 Å². The van der Waals surface area contributed by atoms with Gasteiger partial charge in [0.2, 0.25) is 5.96 Å². The molecule has 1 aliphatic carbocycles. The average molecular weight is 415 g/mol. The Hall–Kier alpha value is -2.61. The minimum absolute atomic E-state index is 0.0333. The Bertz CT molecular complexity index is 916. The van der Waals surface area contributed by atoms with E-state index in [1.54, 1.807) is 25.1 Å². The summed E-state index contributed by atoms with van der Waals surface area (Å²) in [7, 11) is 2.08. The molecule has 2 fully saturated rings. The number of nitrogens with zero attached hydrogens (tertiary/aromatic N) is 3. The molecule has 1 saturated heterocycles. The fraction of sp³-hybridized carbons (Fsp3) is 0.500. The van der Waals surface area contributed by atoms with E-state index in [1.807, 2.05) is 6.07 Å². The van der Waals surface area contributed by atoms with Gasteiger partial charge in [0, 0.05) is 29.4 Å². The number of likely N-dealkylation sites (N-methyl/N-ethyl adjacent to an activating group) is 1. The van der Waals surface area contributed by atoms with Gasteiger partial charge in [-0.3, -0.25) is 0 Å². The number of halogens is 2. The van der Waals surface area contributed by atoms with Crippen LogP contribution in [0.2, 0.25) is 0 Å². The zero-order valence-corrected chi connectivity index (χ0v) is 17.4. The maximum Gasteiger partial charge on any atom is 0.264 e. The van der Waals surface area contributed by atoms with Crippen molar-refractivity contribution < 1.29 is 8.78 Å². The molecule has 3 N–H and O–H groups in total. The van der Waals surface area contributed by atoms with Crippen LogP contribution in [0.3, 0.4) is 0 Å². The topological polar surface area (TPSA) is 75.9 Å². The second-order valence-corrected chi connectivity index (χ2v) is 8.43. The SMILES string of the molecule is CC(=N)/C=C1\NC(NC2CCCN(C)C2)=NN=C1c1ccc(C2CC2)cc1C(F)F. The maximum atomic E-state index is 13.9. The van der Waals surface area contributed by atoms with Gasteiger partial charge in [-0.1, -0.05) is 12.1 Å². The van der Waals surface area contributed by atoms with Gasteiger partial charge in [0.05, 0.1) is 5.70 Å². The smallest absolute Gasteiger partial charge is 0.264 e. The highest BCUT2D eigenvalue weighted by Gasteiger charge is 2.28. The molecule has 1 unspecified atom stereocenters. The molecule has 2 heterocycles. The number of rotatable bonds is 5. The molecule has 0 radical (unpaired) electrons. The summed E-state index contributed by atoms with van der Waals surface area (Å²) in [6, 6.07) is 5.46. The van der Waals surface area contributed by atoms with Gasteiger partial charge in [-0.15, -0.1) is 10.2 Å². The van der Waals surface area contributed by atoms with Crippen LogP contribution in [0.1, 0.15) is 61.6 Å². The van der Waals surface area contributed by atoms with Crippen molar-refractivity contribution in [2.75, 3.05) is 20.1 Å². The van der Waals surface area contributed by atoms with E-state index < -0.39 is 6.43 Å². The van der Waals surface area contributed by atoms with Crippen LogP contribution >= 0.6 is 0 Å². The second-order valence-electron chi connectivity index (χ2n) is 8.43. The summed E-state index contributed by atoms with van der Waals surface area (Å²) in [5.41, 5.74) is 2.43. The molecule has 0 amide bonds. The lowest BCUT2D eigenvalue weighted by Gasteiger charge is -2.32. The van der Waals surface area contributed by atoms with E-state index in [9.17, 15) is 8.78 Å². The molecule has 1 aromatic rings. The third kappa shape index (κ3) is 4.75. The van der Waals surface area contributed by atoms with Gasteiger partial charge >= 0.3 is 0 Å². The number of piperidine rings is 1. The molecular formula is C22H28F2N6. The van der Waals surface area contributed by atoms with Crippen LogP contribution in [0.25, 0.3) is 0 Å². The Morgan fingerprint density at radius 3 is 2.77 bits per heavy atom. The quantitative estimate of drug-likeness (QED) is 0.642. The molecular weight excluding hydrogens is 386 g/mol. The average Bonchev–Trinajstić information content (AvgIpc) is 3.53. The lowest BCUT2D eigenvalue weighted by Crippen LogP contribution is -2.51. The van der Waals surface area contributed by atoms with E-state index in [-0.39, 0.29) is 11.6 Å². The van der Waals surface area contributed by atoms with Gasteiger partial charge < -0.3 is 20.9 Å². The molecule has 1 aromatic carbocycles. The Morgan fingerprint density at radius 2 is 2.10 bits per heavy atom. The summed E-state index contributed by atoms with van der Waals surface area (Å²) < 4.78 is 27.7. The van der Waals surface area contributed by atoms with E-state index in [0.29, 0.717) is 34.6 Å². The molecule has 3 aliphatic rings. The first kappa shape index (κ1) is 20.7. The molecule has 0 bridgehead atoms. The van der Waals surface area contributed by atoms with Crippen LogP contribution in [0.5, 0.6) is 0 Å². The van der Waals surface area contributed by atoms with E-state index in [2.05, 4.69) is 32.8 Å². The highest BCUT2D eigenvalue weighted by Crippen LogP contribution is 2.41. The molecule has 2 aliphatic heterocycles. The zero-order chi connectivity index (χ0) is 21.3. The monoisotopic (exact) mass is 414 g/mol. The van der Waals surface area contributed by atoms with Crippen molar-refractivity contribution in [1.29, 1.82) is 5.41 Å². The molecule has 160 valence electrons. The molecule has 30 heavy (non-hydrogen) atoms. The summed E-state index contributed by atoms with van der Waals surface area (Å²) in [5.74, 6) is 0.879. The van der Waals surface area contributed by atoms with E-state index >= 15 is 0 Å². The van der Waals surface area contributed by atoms with Crippen LogP contribution in [0, 0.1) is 5.41 Å². The summed E-state index contributed by atoms with van der Waals surface area (Å²) in [6.45, 7) is 3.62. The fourth-order valence-electron chi connectivity index (χ4n) is 4.08. The van der Waals surface area contributed by atoms with Crippen LogP contribution in [-0.2, 0) is 0 Å². The summed E-state index contributed by atoms with van der Waals surface area (Å²) in [6.07, 6.45) is 3.24. The van der Waals surface area contributed by atoms with Crippen molar-refractivity contribution in [3.63, 3.8) is 0 Å². The number of nitrogens with one attached hydrogen (secondary N) is 3. The number of hydrogen-bond donors (Lipinski definition) is 3. The lowest BCUT2D eigenvalue weighted by molar-refractivity contribution is 0.151. The molecule has 8 heteroatoms. The van der Waals surface area contributed by atoms with Gasteiger partial charge in [-0.25, -0.2) is 8.78 Å². The van der Waals surface area contributed by atoms with Crippen LogP contribution in [-0.4, -0.2) is 48.5 Å². The maximum absolute atomic E-state index is 13.9. The number of alkyl halides is 2. The predicted octanol–water partition coefficient (Wildman–Crippen LogP) is 3.77. The van der Waals surface area contributed by atoms with Crippen LogP contribution < -0.4 is 10.6 Å². The number of hydrogen-bond acceptors (Lipinski definition) is 6. The standard InChI is InChI=1S/C22H28F2N6/c1-13(25)10-19-20(17-8-7-15(14-5-6-14)11-18(17)21(23)24)28-29-22(27-19)26-16-4-3-9-30(2)12-16/h7-8,10-11,14,16,21,25H,3-6,9,12H2,1-2H3,(H2,26,27,29)/b19-10-,25-13?. The van der Waals surface area contributed by atoms with E-state index in [4.69, 9.17) is 5.41 Å².